The van der Waals surface area contributed by atoms with E-state index in [1.54, 1.807) is 0 Å². The summed E-state index contributed by atoms with van der Waals surface area (Å²) in [7, 11) is 0. The van der Waals surface area contributed by atoms with Gasteiger partial charge in [-0.25, -0.2) is 0 Å². The number of carboxylic acids is 1. The first-order valence-electron chi connectivity index (χ1n) is 4.90. The molecule has 1 unspecified atom stereocenters. The van der Waals surface area contributed by atoms with Crippen molar-refractivity contribution in [3.8, 4) is 0 Å². The summed E-state index contributed by atoms with van der Waals surface area (Å²) in [6.07, 6.45) is 2.17. The quantitative estimate of drug-likeness (QED) is 0.769. The van der Waals surface area contributed by atoms with Gasteiger partial charge >= 0.3 is 5.97 Å². The summed E-state index contributed by atoms with van der Waals surface area (Å²) in [5.41, 5.74) is 0. The van der Waals surface area contributed by atoms with Crippen molar-refractivity contribution in [3.05, 3.63) is 11.1 Å². The van der Waals surface area contributed by atoms with Gasteiger partial charge in [-0.05, 0) is 17.5 Å². The first kappa shape index (κ1) is 12.6. The lowest BCUT2D eigenvalue weighted by Gasteiger charge is -2.12. The molecule has 2 N–H and O–H groups in total. The van der Waals surface area contributed by atoms with Crippen LogP contribution >= 0.6 is 11.5 Å². The van der Waals surface area contributed by atoms with E-state index in [0.29, 0.717) is 17.8 Å². The lowest BCUT2D eigenvalue weighted by molar-refractivity contribution is -0.138. The van der Waals surface area contributed by atoms with Gasteiger partial charge < -0.3 is 10.4 Å². The molecule has 1 atom stereocenters. The average Bonchev–Trinajstić information content (AvgIpc) is 2.76. The molecule has 0 aliphatic rings. The smallest absolute Gasteiger partial charge is 0.303 e. The van der Waals surface area contributed by atoms with Gasteiger partial charge in [0.15, 0.2) is 0 Å². The highest BCUT2D eigenvalue weighted by Crippen LogP contribution is 2.07. The first-order chi connectivity index (χ1) is 7.63. The number of amides is 1. The standard InChI is InChI=1S/C9H13N3O3S/c1-2-6(3-8(13)14)4-10-9(15)7-5-11-12-16-7/h5-6H,2-4H2,1H3,(H,10,15)(H,13,14). The summed E-state index contributed by atoms with van der Waals surface area (Å²) in [4.78, 5) is 22.4. The van der Waals surface area contributed by atoms with Crippen LogP contribution in [0.25, 0.3) is 0 Å². The van der Waals surface area contributed by atoms with E-state index in [-0.39, 0.29) is 18.2 Å². The first-order valence-corrected chi connectivity index (χ1v) is 5.68. The van der Waals surface area contributed by atoms with Crippen molar-refractivity contribution >= 4 is 23.4 Å². The van der Waals surface area contributed by atoms with Crippen molar-refractivity contribution in [1.82, 2.24) is 14.9 Å². The fourth-order valence-corrected chi connectivity index (χ4v) is 1.63. The zero-order chi connectivity index (χ0) is 12.0. The number of carboxylic acid groups (broad SMARTS) is 1. The second-order valence-corrected chi connectivity index (χ2v) is 4.15. The number of nitrogens with zero attached hydrogens (tertiary/aromatic N) is 2. The van der Waals surface area contributed by atoms with Crippen molar-refractivity contribution in [2.45, 2.75) is 19.8 Å². The fourth-order valence-electron chi connectivity index (χ4n) is 1.20. The van der Waals surface area contributed by atoms with E-state index in [0.717, 1.165) is 11.5 Å². The van der Waals surface area contributed by atoms with Gasteiger partial charge in [0, 0.05) is 13.0 Å². The van der Waals surface area contributed by atoms with Gasteiger partial charge in [-0.3, -0.25) is 9.59 Å². The van der Waals surface area contributed by atoms with Crippen LogP contribution in [0.3, 0.4) is 0 Å². The summed E-state index contributed by atoms with van der Waals surface area (Å²) in [6.45, 7) is 2.26. The molecule has 1 aromatic rings. The van der Waals surface area contributed by atoms with E-state index in [2.05, 4.69) is 14.9 Å². The highest BCUT2D eigenvalue weighted by Gasteiger charge is 2.14. The number of carbonyl (C=O) groups excluding carboxylic acids is 1. The number of carbonyl (C=O) groups is 2. The largest absolute Gasteiger partial charge is 0.481 e. The lowest BCUT2D eigenvalue weighted by Crippen LogP contribution is -2.29. The minimum absolute atomic E-state index is 0.0395. The maximum Gasteiger partial charge on any atom is 0.303 e. The van der Waals surface area contributed by atoms with Crippen LogP contribution in [0.15, 0.2) is 6.20 Å². The third-order valence-corrected chi connectivity index (χ3v) is 2.84. The number of aliphatic carboxylic acids is 1. The van der Waals surface area contributed by atoms with Gasteiger partial charge in [0.1, 0.15) is 4.88 Å². The van der Waals surface area contributed by atoms with E-state index >= 15 is 0 Å². The number of nitrogens with one attached hydrogen (secondary N) is 1. The van der Waals surface area contributed by atoms with E-state index in [9.17, 15) is 9.59 Å². The third-order valence-electron chi connectivity index (χ3n) is 2.18. The molecule has 16 heavy (non-hydrogen) atoms. The molecule has 0 spiro atoms. The summed E-state index contributed by atoms with van der Waals surface area (Å²) in [5.74, 6) is -1.14. The Morgan fingerprint density at radius 2 is 2.38 bits per heavy atom. The van der Waals surface area contributed by atoms with Gasteiger partial charge in [0.25, 0.3) is 5.91 Å². The van der Waals surface area contributed by atoms with Crippen molar-refractivity contribution in [2.24, 2.45) is 5.92 Å². The Labute approximate surface area is 96.8 Å². The molecule has 0 fully saturated rings. The van der Waals surface area contributed by atoms with Crippen molar-refractivity contribution in [2.75, 3.05) is 6.54 Å². The molecule has 1 heterocycles. The van der Waals surface area contributed by atoms with E-state index in [1.807, 2.05) is 6.92 Å². The van der Waals surface area contributed by atoms with Crippen LogP contribution in [-0.2, 0) is 4.79 Å². The second-order valence-electron chi connectivity index (χ2n) is 3.36. The summed E-state index contributed by atoms with van der Waals surface area (Å²) >= 11 is 1.01. The average molecular weight is 243 g/mol. The molecule has 0 aliphatic heterocycles. The van der Waals surface area contributed by atoms with Crippen LogP contribution in [0.4, 0.5) is 0 Å². The number of aromatic nitrogens is 2. The fraction of sp³-hybridized carbons (Fsp3) is 0.556. The predicted octanol–water partition coefficient (Wildman–Crippen LogP) is 0.769. The van der Waals surface area contributed by atoms with Crippen LogP contribution in [-0.4, -0.2) is 33.1 Å². The Bertz CT molecular complexity index is 353. The maximum absolute atomic E-state index is 11.5. The molecule has 1 aromatic heterocycles. The molecule has 88 valence electrons. The maximum atomic E-state index is 11.5. The molecule has 7 heteroatoms. The summed E-state index contributed by atoms with van der Waals surface area (Å²) < 4.78 is 3.58. The molecular formula is C9H13N3O3S. The number of rotatable bonds is 6. The molecule has 0 bridgehead atoms. The predicted molar refractivity (Wildman–Crippen MR) is 58.3 cm³/mol. The van der Waals surface area contributed by atoms with Crippen molar-refractivity contribution in [1.29, 1.82) is 0 Å². The van der Waals surface area contributed by atoms with Crippen LogP contribution in [0.2, 0.25) is 0 Å². The molecule has 6 nitrogen and oxygen atoms in total. The van der Waals surface area contributed by atoms with Gasteiger partial charge in [0.2, 0.25) is 0 Å². The Morgan fingerprint density at radius 3 is 2.88 bits per heavy atom. The number of hydrogen-bond acceptors (Lipinski definition) is 5. The third kappa shape index (κ3) is 3.93. The lowest BCUT2D eigenvalue weighted by atomic mass is 10.0. The van der Waals surface area contributed by atoms with Crippen molar-refractivity contribution in [3.63, 3.8) is 0 Å². The van der Waals surface area contributed by atoms with Crippen LogP contribution in [0.5, 0.6) is 0 Å². The van der Waals surface area contributed by atoms with Gasteiger partial charge in [-0.2, -0.15) is 0 Å². The molecule has 0 saturated carbocycles. The molecule has 0 saturated heterocycles. The SMILES string of the molecule is CCC(CNC(=O)c1cnns1)CC(=O)O. The normalized spacial score (nSPS) is 12.1. The Balaban J connectivity index is 2.38. The Hall–Kier alpha value is -1.50. The summed E-state index contributed by atoms with van der Waals surface area (Å²) in [6, 6.07) is 0. The van der Waals surface area contributed by atoms with E-state index in [1.165, 1.54) is 6.20 Å². The highest BCUT2D eigenvalue weighted by atomic mass is 32.1. The second kappa shape index (κ2) is 6.16. The molecule has 0 radical (unpaired) electrons. The Morgan fingerprint density at radius 1 is 1.62 bits per heavy atom. The minimum atomic E-state index is -0.847. The van der Waals surface area contributed by atoms with Gasteiger partial charge in [-0.1, -0.05) is 17.8 Å². The van der Waals surface area contributed by atoms with E-state index < -0.39 is 5.97 Å². The topological polar surface area (TPSA) is 92.2 Å². The zero-order valence-corrected chi connectivity index (χ0v) is 9.66. The van der Waals surface area contributed by atoms with Gasteiger partial charge in [-0.15, -0.1) is 5.10 Å². The number of hydrogen-bond donors (Lipinski definition) is 2. The van der Waals surface area contributed by atoms with Crippen molar-refractivity contribution < 1.29 is 14.7 Å². The van der Waals surface area contributed by atoms with Gasteiger partial charge in [0.05, 0.1) is 6.20 Å². The molecule has 0 aliphatic carbocycles. The molecule has 1 rings (SSSR count). The minimum Gasteiger partial charge on any atom is -0.481 e. The monoisotopic (exact) mass is 243 g/mol. The molecule has 1 amide bonds. The van der Waals surface area contributed by atoms with Crippen LogP contribution in [0.1, 0.15) is 29.4 Å². The van der Waals surface area contributed by atoms with Crippen LogP contribution < -0.4 is 5.32 Å². The van der Waals surface area contributed by atoms with Crippen LogP contribution in [0, 0.1) is 5.92 Å². The Kier molecular flexibility index (Phi) is 4.84. The van der Waals surface area contributed by atoms with E-state index in [4.69, 9.17) is 5.11 Å². The summed E-state index contributed by atoms with van der Waals surface area (Å²) in [5, 5.41) is 14.9. The molecular weight excluding hydrogens is 230 g/mol. The zero-order valence-electron chi connectivity index (χ0n) is 8.84. The highest BCUT2D eigenvalue weighted by molar-refractivity contribution is 7.07. The molecule has 0 aromatic carbocycles.